The van der Waals surface area contributed by atoms with Crippen molar-refractivity contribution in [3.8, 4) is 0 Å². The van der Waals surface area contributed by atoms with Gasteiger partial charge in [0, 0.05) is 26.3 Å². The van der Waals surface area contributed by atoms with Gasteiger partial charge in [-0.1, -0.05) is 0 Å². The van der Waals surface area contributed by atoms with Gasteiger partial charge in [-0.15, -0.1) is 0 Å². The highest BCUT2D eigenvalue weighted by Crippen LogP contribution is 2.25. The molecule has 2 heterocycles. The number of rotatable bonds is 3. The van der Waals surface area contributed by atoms with Crippen LogP contribution in [-0.2, 0) is 10.0 Å². The lowest BCUT2D eigenvalue weighted by atomic mass is 9.98. The molecule has 0 bridgehead atoms. The molecule has 6 nitrogen and oxygen atoms in total. The highest BCUT2D eigenvalue weighted by Gasteiger charge is 2.31. The summed E-state index contributed by atoms with van der Waals surface area (Å²) in [5, 5.41) is 12.9. The van der Waals surface area contributed by atoms with Crippen LogP contribution < -0.4 is 5.32 Å². The van der Waals surface area contributed by atoms with E-state index in [1.807, 2.05) is 0 Å². The molecule has 1 fully saturated rings. The number of sulfonamides is 1. The largest absolute Gasteiger partial charge is 0.390 e. The minimum absolute atomic E-state index is 0.193. The van der Waals surface area contributed by atoms with Gasteiger partial charge in [0.25, 0.3) is 0 Å². The molecule has 0 aromatic carbocycles. The molecule has 20 heavy (non-hydrogen) atoms. The molecule has 0 saturated carbocycles. The second kappa shape index (κ2) is 5.67. The number of aliphatic hydroxyl groups is 1. The van der Waals surface area contributed by atoms with Gasteiger partial charge in [0.1, 0.15) is 10.7 Å². The van der Waals surface area contributed by atoms with Crippen LogP contribution in [0.4, 0.5) is 5.82 Å². The first-order chi connectivity index (χ1) is 9.35. The Kier molecular flexibility index (Phi) is 4.31. The maximum atomic E-state index is 12.5. The number of hydrogen-bond acceptors (Lipinski definition) is 5. The monoisotopic (exact) mass is 299 g/mol. The summed E-state index contributed by atoms with van der Waals surface area (Å²) < 4.78 is 26.5. The van der Waals surface area contributed by atoms with Gasteiger partial charge in [0.2, 0.25) is 10.0 Å². The van der Waals surface area contributed by atoms with Gasteiger partial charge in [0.05, 0.1) is 5.60 Å². The average Bonchev–Trinajstić information content (AvgIpc) is 2.60. The van der Waals surface area contributed by atoms with Crippen LogP contribution in [0.3, 0.4) is 0 Å². The van der Waals surface area contributed by atoms with E-state index in [4.69, 9.17) is 0 Å². The standard InChI is InChI=1S/C13H21N3O3S/c1-13(17)6-3-8-16(9-7-13)20(18,19)11-4-5-12(14-2)15-10-11/h4-5,10,17H,3,6-9H2,1-2H3,(H,14,15). The van der Waals surface area contributed by atoms with E-state index in [1.54, 1.807) is 26.1 Å². The van der Waals surface area contributed by atoms with Gasteiger partial charge in [-0.2, -0.15) is 4.31 Å². The molecule has 112 valence electrons. The summed E-state index contributed by atoms with van der Waals surface area (Å²) >= 11 is 0. The normalized spacial score (nSPS) is 25.1. The van der Waals surface area contributed by atoms with E-state index in [2.05, 4.69) is 10.3 Å². The van der Waals surface area contributed by atoms with Crippen LogP contribution in [0.1, 0.15) is 26.2 Å². The van der Waals surface area contributed by atoms with Crippen LogP contribution in [0.2, 0.25) is 0 Å². The molecular weight excluding hydrogens is 278 g/mol. The van der Waals surface area contributed by atoms with E-state index >= 15 is 0 Å². The van der Waals surface area contributed by atoms with Crippen LogP contribution in [0.5, 0.6) is 0 Å². The summed E-state index contributed by atoms with van der Waals surface area (Å²) in [6.45, 7) is 2.53. The van der Waals surface area contributed by atoms with Crippen LogP contribution in [0, 0.1) is 0 Å². The Labute approximate surface area is 119 Å². The fourth-order valence-electron chi connectivity index (χ4n) is 2.31. The summed E-state index contributed by atoms with van der Waals surface area (Å²) in [5.74, 6) is 0.628. The fourth-order valence-corrected chi connectivity index (χ4v) is 3.73. The molecular formula is C13H21N3O3S. The lowest BCUT2D eigenvalue weighted by Gasteiger charge is -2.22. The summed E-state index contributed by atoms with van der Waals surface area (Å²) in [6, 6.07) is 3.19. The number of aromatic nitrogens is 1. The van der Waals surface area contributed by atoms with E-state index in [-0.39, 0.29) is 4.90 Å². The van der Waals surface area contributed by atoms with Gasteiger partial charge in [-0.05, 0) is 38.3 Å². The Morgan fingerprint density at radius 2 is 2.10 bits per heavy atom. The molecule has 0 spiro atoms. The van der Waals surface area contributed by atoms with Crippen LogP contribution in [0.15, 0.2) is 23.2 Å². The highest BCUT2D eigenvalue weighted by molar-refractivity contribution is 7.89. The van der Waals surface area contributed by atoms with Gasteiger partial charge >= 0.3 is 0 Å². The third kappa shape index (κ3) is 3.28. The second-order valence-corrected chi connectivity index (χ2v) is 7.32. The lowest BCUT2D eigenvalue weighted by Crippen LogP contribution is -2.33. The Morgan fingerprint density at radius 3 is 2.70 bits per heavy atom. The van der Waals surface area contributed by atoms with Gasteiger partial charge in [0.15, 0.2) is 0 Å². The third-order valence-electron chi connectivity index (χ3n) is 3.65. The molecule has 1 aromatic rings. The minimum Gasteiger partial charge on any atom is -0.390 e. The van der Waals surface area contributed by atoms with Crippen molar-refractivity contribution in [1.29, 1.82) is 0 Å². The van der Waals surface area contributed by atoms with Crippen LogP contribution in [-0.4, -0.2) is 48.6 Å². The smallest absolute Gasteiger partial charge is 0.244 e. The first-order valence-electron chi connectivity index (χ1n) is 6.71. The number of nitrogens with one attached hydrogen (secondary N) is 1. The van der Waals surface area contributed by atoms with E-state index < -0.39 is 15.6 Å². The van der Waals surface area contributed by atoms with E-state index in [9.17, 15) is 13.5 Å². The Bertz CT molecular complexity index is 555. The van der Waals surface area contributed by atoms with Crippen molar-refractivity contribution in [3.63, 3.8) is 0 Å². The number of nitrogens with zero attached hydrogens (tertiary/aromatic N) is 2. The van der Waals surface area contributed by atoms with Crippen molar-refractivity contribution in [3.05, 3.63) is 18.3 Å². The zero-order chi connectivity index (χ0) is 14.8. The second-order valence-electron chi connectivity index (χ2n) is 5.38. The highest BCUT2D eigenvalue weighted by atomic mass is 32.2. The van der Waals surface area contributed by atoms with Crippen LogP contribution in [0.25, 0.3) is 0 Å². The maximum absolute atomic E-state index is 12.5. The molecule has 0 aliphatic carbocycles. The van der Waals surface area contributed by atoms with Crippen molar-refractivity contribution in [2.45, 2.75) is 36.7 Å². The molecule has 0 amide bonds. The Balaban J connectivity index is 2.20. The van der Waals surface area contributed by atoms with Crippen molar-refractivity contribution in [1.82, 2.24) is 9.29 Å². The van der Waals surface area contributed by atoms with E-state index in [1.165, 1.54) is 10.5 Å². The molecule has 1 saturated heterocycles. The SMILES string of the molecule is CNc1ccc(S(=O)(=O)N2CCCC(C)(O)CC2)cn1. The zero-order valence-corrected chi connectivity index (χ0v) is 12.7. The van der Waals surface area contributed by atoms with Crippen molar-refractivity contribution < 1.29 is 13.5 Å². The molecule has 1 unspecified atom stereocenters. The first kappa shape index (κ1) is 15.2. The van der Waals surface area contributed by atoms with Gasteiger partial charge in [-0.3, -0.25) is 0 Å². The number of hydrogen-bond donors (Lipinski definition) is 2. The van der Waals surface area contributed by atoms with E-state index in [0.29, 0.717) is 38.2 Å². The number of pyridine rings is 1. The maximum Gasteiger partial charge on any atom is 0.244 e. The van der Waals surface area contributed by atoms with Crippen LogP contribution >= 0.6 is 0 Å². The summed E-state index contributed by atoms with van der Waals surface area (Å²) in [6.07, 6.45) is 3.10. The minimum atomic E-state index is -3.53. The van der Waals surface area contributed by atoms with Gasteiger partial charge < -0.3 is 10.4 Å². The number of anilines is 1. The summed E-state index contributed by atoms with van der Waals surface area (Å²) in [7, 11) is -1.80. The first-order valence-corrected chi connectivity index (χ1v) is 8.15. The van der Waals surface area contributed by atoms with Gasteiger partial charge in [-0.25, -0.2) is 13.4 Å². The summed E-state index contributed by atoms with van der Waals surface area (Å²) in [5.41, 5.74) is -0.779. The Hall–Kier alpha value is -1.18. The zero-order valence-electron chi connectivity index (χ0n) is 11.8. The average molecular weight is 299 g/mol. The topological polar surface area (TPSA) is 82.5 Å². The molecule has 0 radical (unpaired) electrons. The molecule has 1 aliphatic rings. The fraction of sp³-hybridized carbons (Fsp3) is 0.615. The predicted molar refractivity (Wildman–Crippen MR) is 77.0 cm³/mol. The molecule has 1 aliphatic heterocycles. The lowest BCUT2D eigenvalue weighted by molar-refractivity contribution is 0.0465. The predicted octanol–water partition coefficient (Wildman–Crippen LogP) is 1.05. The molecule has 1 aromatic heterocycles. The molecule has 1 atom stereocenters. The van der Waals surface area contributed by atoms with E-state index in [0.717, 1.165) is 0 Å². The molecule has 2 rings (SSSR count). The Morgan fingerprint density at radius 1 is 1.35 bits per heavy atom. The van der Waals surface area contributed by atoms with Crippen molar-refractivity contribution in [2.75, 3.05) is 25.5 Å². The molecule has 7 heteroatoms. The third-order valence-corrected chi connectivity index (χ3v) is 5.54. The van der Waals surface area contributed by atoms with Crippen molar-refractivity contribution >= 4 is 15.8 Å². The van der Waals surface area contributed by atoms with Crippen molar-refractivity contribution in [2.24, 2.45) is 0 Å². The quantitative estimate of drug-likeness (QED) is 0.871. The summed E-state index contributed by atoms with van der Waals surface area (Å²) in [4.78, 5) is 4.24. The molecule has 2 N–H and O–H groups in total.